The largest absolute Gasteiger partial charge is 0.462 e. The lowest BCUT2D eigenvalue weighted by Gasteiger charge is -2.02. The van der Waals surface area contributed by atoms with Gasteiger partial charge in [0.15, 0.2) is 0 Å². The van der Waals surface area contributed by atoms with E-state index in [4.69, 9.17) is 4.74 Å². The molecule has 4 heteroatoms. The summed E-state index contributed by atoms with van der Waals surface area (Å²) < 4.78 is 5.97. The van der Waals surface area contributed by atoms with Crippen molar-refractivity contribution in [2.24, 2.45) is 4.99 Å². The Morgan fingerprint density at radius 2 is 2.05 bits per heavy atom. The summed E-state index contributed by atoms with van der Waals surface area (Å²) in [5.74, 6) is -0.327. The van der Waals surface area contributed by atoms with Gasteiger partial charge in [-0.05, 0) is 42.8 Å². The third kappa shape index (κ3) is 4.03. The number of nitrogens with zero attached hydrogens (tertiary/aromatic N) is 1. The number of esters is 1. The maximum atomic E-state index is 11.6. The Bertz CT molecular complexity index is 638. The van der Waals surface area contributed by atoms with Crippen LogP contribution in [-0.4, -0.2) is 18.8 Å². The van der Waals surface area contributed by atoms with Gasteiger partial charge in [0.25, 0.3) is 0 Å². The first-order valence-electron chi connectivity index (χ1n) is 6.26. The minimum absolute atomic E-state index is 0.327. The van der Waals surface area contributed by atoms with E-state index in [9.17, 15) is 4.79 Å². The van der Waals surface area contributed by atoms with Gasteiger partial charge in [0.2, 0.25) is 0 Å². The van der Waals surface area contributed by atoms with Crippen LogP contribution in [-0.2, 0) is 4.74 Å². The highest BCUT2D eigenvalue weighted by Gasteiger charge is 2.05. The van der Waals surface area contributed by atoms with E-state index in [1.54, 1.807) is 31.3 Å². The minimum atomic E-state index is -0.327. The number of benzene rings is 2. The molecule has 0 amide bonds. The number of carbonyl (C=O) groups is 1. The summed E-state index contributed by atoms with van der Waals surface area (Å²) in [4.78, 5) is 16.0. The molecule has 0 heterocycles. The summed E-state index contributed by atoms with van der Waals surface area (Å²) >= 11 is 3.41. The summed E-state index contributed by atoms with van der Waals surface area (Å²) in [7, 11) is 0. The zero-order valence-electron chi connectivity index (χ0n) is 11.0. The average Bonchev–Trinajstić information content (AvgIpc) is 2.46. The lowest BCUT2D eigenvalue weighted by molar-refractivity contribution is 0.0526. The second-order valence-electron chi connectivity index (χ2n) is 4.08. The Morgan fingerprint density at radius 3 is 2.80 bits per heavy atom. The van der Waals surface area contributed by atoms with Gasteiger partial charge >= 0.3 is 5.97 Å². The minimum Gasteiger partial charge on any atom is -0.462 e. The fourth-order valence-corrected chi connectivity index (χ4v) is 2.08. The third-order valence-corrected chi connectivity index (χ3v) is 3.06. The van der Waals surface area contributed by atoms with Gasteiger partial charge in [0, 0.05) is 10.7 Å². The summed E-state index contributed by atoms with van der Waals surface area (Å²) in [6.07, 6.45) is 1.76. The van der Waals surface area contributed by atoms with Crippen molar-refractivity contribution < 1.29 is 9.53 Å². The van der Waals surface area contributed by atoms with E-state index >= 15 is 0 Å². The second kappa shape index (κ2) is 7.01. The van der Waals surface area contributed by atoms with Crippen LogP contribution in [0.1, 0.15) is 22.8 Å². The molecule has 102 valence electrons. The number of hydrogen-bond donors (Lipinski definition) is 0. The van der Waals surface area contributed by atoms with Crippen molar-refractivity contribution in [3.8, 4) is 0 Å². The van der Waals surface area contributed by atoms with Crippen LogP contribution >= 0.6 is 15.9 Å². The first kappa shape index (κ1) is 14.5. The van der Waals surface area contributed by atoms with Crippen molar-refractivity contribution in [3.05, 3.63) is 64.1 Å². The first-order chi connectivity index (χ1) is 9.69. The van der Waals surface area contributed by atoms with Crippen LogP contribution in [0.3, 0.4) is 0 Å². The molecule has 0 spiro atoms. The lowest BCUT2D eigenvalue weighted by Crippen LogP contribution is -2.03. The number of aliphatic imine (C=N–C) groups is 1. The molecule has 0 bridgehead atoms. The van der Waals surface area contributed by atoms with Crippen LogP contribution in [0.2, 0.25) is 0 Å². The zero-order chi connectivity index (χ0) is 14.4. The molecule has 0 saturated carbocycles. The van der Waals surface area contributed by atoms with E-state index in [0.29, 0.717) is 12.2 Å². The topological polar surface area (TPSA) is 38.7 Å². The lowest BCUT2D eigenvalue weighted by atomic mass is 10.2. The second-order valence-corrected chi connectivity index (χ2v) is 5.00. The number of halogens is 1. The van der Waals surface area contributed by atoms with Gasteiger partial charge in [0.1, 0.15) is 0 Å². The van der Waals surface area contributed by atoms with Crippen molar-refractivity contribution in [3.63, 3.8) is 0 Å². The molecule has 20 heavy (non-hydrogen) atoms. The van der Waals surface area contributed by atoms with Gasteiger partial charge in [-0.1, -0.05) is 34.1 Å². The summed E-state index contributed by atoms with van der Waals surface area (Å²) in [6, 6.07) is 14.9. The van der Waals surface area contributed by atoms with E-state index in [0.717, 1.165) is 15.7 Å². The Kier molecular flexibility index (Phi) is 5.07. The third-order valence-electron chi connectivity index (χ3n) is 2.57. The van der Waals surface area contributed by atoms with Crippen molar-refractivity contribution in [1.82, 2.24) is 0 Å². The van der Waals surface area contributed by atoms with E-state index in [2.05, 4.69) is 20.9 Å². The predicted molar refractivity (Wildman–Crippen MR) is 83.8 cm³/mol. The maximum absolute atomic E-state index is 11.6. The number of carbonyl (C=O) groups excluding carboxylic acids is 1. The van der Waals surface area contributed by atoms with Crippen LogP contribution in [0.4, 0.5) is 5.69 Å². The predicted octanol–water partition coefficient (Wildman–Crippen LogP) is 4.38. The van der Waals surface area contributed by atoms with Gasteiger partial charge in [-0.15, -0.1) is 0 Å². The molecular weight excluding hydrogens is 318 g/mol. The molecule has 0 fully saturated rings. The molecule has 3 nitrogen and oxygen atoms in total. The first-order valence-corrected chi connectivity index (χ1v) is 7.05. The SMILES string of the molecule is CCOC(=O)c1cccc(N=Cc2cccc(Br)c2)c1. The fraction of sp³-hybridized carbons (Fsp3) is 0.125. The normalized spacial score (nSPS) is 10.7. The molecule has 0 atom stereocenters. The summed E-state index contributed by atoms with van der Waals surface area (Å²) in [5, 5.41) is 0. The number of hydrogen-bond acceptors (Lipinski definition) is 3. The summed E-state index contributed by atoms with van der Waals surface area (Å²) in [6.45, 7) is 2.15. The Balaban J connectivity index is 2.17. The van der Waals surface area contributed by atoms with Crippen molar-refractivity contribution >= 4 is 33.8 Å². The molecular formula is C16H14BrNO2. The Hall–Kier alpha value is -1.94. The molecule has 2 aromatic rings. The Morgan fingerprint density at radius 1 is 1.25 bits per heavy atom. The molecule has 0 N–H and O–H groups in total. The zero-order valence-corrected chi connectivity index (χ0v) is 12.6. The molecule has 0 aliphatic carbocycles. The van der Waals surface area contributed by atoms with Crippen LogP contribution in [0.25, 0.3) is 0 Å². The molecule has 0 radical (unpaired) electrons. The van der Waals surface area contributed by atoms with Crippen LogP contribution in [0.5, 0.6) is 0 Å². The Labute approximate surface area is 126 Å². The van der Waals surface area contributed by atoms with Gasteiger partial charge in [0.05, 0.1) is 17.9 Å². The van der Waals surface area contributed by atoms with Gasteiger partial charge in [-0.25, -0.2) is 4.79 Å². The molecule has 2 aromatic carbocycles. The van der Waals surface area contributed by atoms with E-state index in [1.165, 1.54) is 0 Å². The summed E-state index contributed by atoms with van der Waals surface area (Å²) in [5.41, 5.74) is 2.21. The van der Waals surface area contributed by atoms with E-state index in [-0.39, 0.29) is 5.97 Å². The molecule has 0 aromatic heterocycles. The fourth-order valence-electron chi connectivity index (χ4n) is 1.66. The van der Waals surface area contributed by atoms with E-state index < -0.39 is 0 Å². The van der Waals surface area contributed by atoms with Gasteiger partial charge in [-0.2, -0.15) is 0 Å². The van der Waals surface area contributed by atoms with Crippen molar-refractivity contribution in [2.45, 2.75) is 6.92 Å². The van der Waals surface area contributed by atoms with Crippen molar-refractivity contribution in [2.75, 3.05) is 6.61 Å². The average molecular weight is 332 g/mol. The number of ether oxygens (including phenoxy) is 1. The maximum Gasteiger partial charge on any atom is 0.338 e. The van der Waals surface area contributed by atoms with Crippen LogP contribution in [0.15, 0.2) is 58.0 Å². The standard InChI is InChI=1S/C16H14BrNO2/c1-2-20-16(19)13-6-4-8-15(10-13)18-11-12-5-3-7-14(17)9-12/h3-11H,2H2,1H3. The van der Waals surface area contributed by atoms with Crippen LogP contribution in [0, 0.1) is 0 Å². The molecule has 0 aliphatic rings. The monoisotopic (exact) mass is 331 g/mol. The van der Waals surface area contributed by atoms with Crippen LogP contribution < -0.4 is 0 Å². The van der Waals surface area contributed by atoms with Gasteiger partial charge < -0.3 is 4.74 Å². The van der Waals surface area contributed by atoms with Crippen molar-refractivity contribution in [1.29, 1.82) is 0 Å². The highest BCUT2D eigenvalue weighted by Crippen LogP contribution is 2.16. The quantitative estimate of drug-likeness (QED) is 0.616. The smallest absolute Gasteiger partial charge is 0.338 e. The molecule has 0 unspecified atom stereocenters. The molecule has 2 rings (SSSR count). The van der Waals surface area contributed by atoms with Gasteiger partial charge in [-0.3, -0.25) is 4.99 Å². The number of rotatable bonds is 4. The molecule has 0 aliphatic heterocycles. The molecule has 0 saturated heterocycles. The van der Waals surface area contributed by atoms with E-state index in [1.807, 2.05) is 30.3 Å². The highest BCUT2D eigenvalue weighted by molar-refractivity contribution is 9.10. The highest BCUT2D eigenvalue weighted by atomic mass is 79.9.